The highest BCUT2D eigenvalue weighted by molar-refractivity contribution is 5.85. The number of carbonyl (C=O) groups is 1. The van der Waals surface area contributed by atoms with E-state index >= 15 is 0 Å². The van der Waals surface area contributed by atoms with Crippen LogP contribution in [0.15, 0.2) is 60.7 Å². The normalized spacial score (nSPS) is 11.8. The minimum absolute atomic E-state index is 0.321. The van der Waals surface area contributed by atoms with Gasteiger partial charge in [-0.1, -0.05) is 87.4 Å². The van der Waals surface area contributed by atoms with Crippen LogP contribution in [0.2, 0.25) is 0 Å². The van der Waals surface area contributed by atoms with Crippen molar-refractivity contribution in [1.82, 2.24) is 4.90 Å². The Labute approximate surface area is 169 Å². The monoisotopic (exact) mass is 383 g/mol. The van der Waals surface area contributed by atoms with Crippen molar-refractivity contribution in [2.24, 2.45) is 5.92 Å². The van der Waals surface area contributed by atoms with Gasteiger partial charge in [-0.3, -0.25) is 0 Å². The summed E-state index contributed by atoms with van der Waals surface area (Å²) in [5.41, 5.74) is 0.321. The number of esters is 1. The summed E-state index contributed by atoms with van der Waals surface area (Å²) in [6.45, 7) is 5.79. The highest BCUT2D eigenvalue weighted by Crippen LogP contribution is 2.36. The molecule has 0 fully saturated rings. The summed E-state index contributed by atoms with van der Waals surface area (Å²) in [6, 6.07) is 19.4. The molecular formula is C24H33NO3. The molecule has 0 N–H and O–H groups in total. The Kier molecular flexibility index (Phi) is 8.68. The molecule has 4 heteroatoms. The lowest BCUT2D eigenvalue weighted by atomic mass is 9.85. The minimum Gasteiger partial charge on any atom is -0.462 e. The predicted octanol–water partition coefficient (Wildman–Crippen LogP) is 4.49. The van der Waals surface area contributed by atoms with Gasteiger partial charge in [0, 0.05) is 6.54 Å². The first-order valence-electron chi connectivity index (χ1n) is 10.1. The second-order valence-corrected chi connectivity index (χ2v) is 7.35. The van der Waals surface area contributed by atoms with Gasteiger partial charge in [0.2, 0.25) is 5.60 Å². The van der Waals surface area contributed by atoms with E-state index in [2.05, 4.69) is 13.8 Å². The summed E-state index contributed by atoms with van der Waals surface area (Å²) in [6.07, 6.45) is 2.01. The van der Waals surface area contributed by atoms with Crippen LogP contribution >= 0.6 is 0 Å². The zero-order valence-corrected chi connectivity index (χ0v) is 17.6. The van der Waals surface area contributed by atoms with E-state index in [9.17, 15) is 4.79 Å². The fourth-order valence-electron chi connectivity index (χ4n) is 3.16. The molecule has 0 saturated heterocycles. The summed E-state index contributed by atoms with van der Waals surface area (Å²) in [5.74, 6) is 0.0269. The van der Waals surface area contributed by atoms with Crippen molar-refractivity contribution < 1.29 is 14.3 Å². The number of ether oxygens (including phenoxy) is 2. The standard InChI is InChI=1S/C24H33NO3/c1-5-20(6-2)19-28-24(21-13-9-7-10-14-21,22-15-11-8-12-16-22)23(26)27-18-17-25(3)4/h7-16,20H,5-6,17-19H2,1-4H3. The molecule has 0 aliphatic rings. The second-order valence-electron chi connectivity index (χ2n) is 7.35. The molecule has 152 valence electrons. The Morgan fingerprint density at radius 2 is 1.43 bits per heavy atom. The number of likely N-dealkylation sites (N-methyl/N-ethyl adjacent to an activating group) is 1. The molecule has 2 aromatic carbocycles. The fourth-order valence-corrected chi connectivity index (χ4v) is 3.16. The van der Waals surface area contributed by atoms with Crippen molar-refractivity contribution in [2.75, 3.05) is 33.9 Å². The van der Waals surface area contributed by atoms with E-state index in [1.165, 1.54) is 0 Å². The van der Waals surface area contributed by atoms with Gasteiger partial charge in [-0.05, 0) is 31.1 Å². The number of benzene rings is 2. The molecule has 0 radical (unpaired) electrons. The van der Waals surface area contributed by atoms with E-state index in [0.717, 1.165) is 24.0 Å². The van der Waals surface area contributed by atoms with E-state index in [-0.39, 0.29) is 5.97 Å². The molecule has 0 heterocycles. The number of hydrogen-bond acceptors (Lipinski definition) is 4. The SMILES string of the molecule is CCC(CC)COC(C(=O)OCCN(C)C)(c1ccccc1)c1ccccc1. The molecule has 2 aromatic rings. The van der Waals surface area contributed by atoms with Crippen LogP contribution in [-0.4, -0.2) is 44.7 Å². The van der Waals surface area contributed by atoms with Crippen molar-refractivity contribution in [2.45, 2.75) is 32.3 Å². The predicted molar refractivity (Wildman–Crippen MR) is 113 cm³/mol. The van der Waals surface area contributed by atoms with Gasteiger partial charge in [-0.15, -0.1) is 0 Å². The highest BCUT2D eigenvalue weighted by atomic mass is 16.6. The third-order valence-corrected chi connectivity index (χ3v) is 5.11. The van der Waals surface area contributed by atoms with E-state index in [4.69, 9.17) is 9.47 Å². The third kappa shape index (κ3) is 5.43. The molecule has 0 aliphatic carbocycles. The highest BCUT2D eigenvalue weighted by Gasteiger charge is 2.45. The maximum atomic E-state index is 13.5. The molecule has 0 atom stereocenters. The van der Waals surface area contributed by atoms with Crippen LogP contribution in [0.1, 0.15) is 37.8 Å². The van der Waals surface area contributed by atoms with Crippen molar-refractivity contribution >= 4 is 5.97 Å². The lowest BCUT2D eigenvalue weighted by Gasteiger charge is -2.34. The van der Waals surface area contributed by atoms with Gasteiger partial charge < -0.3 is 14.4 Å². The van der Waals surface area contributed by atoms with Gasteiger partial charge in [0.05, 0.1) is 6.61 Å². The van der Waals surface area contributed by atoms with Crippen LogP contribution in [-0.2, 0) is 19.9 Å². The summed E-state index contributed by atoms with van der Waals surface area (Å²) in [5, 5.41) is 0. The van der Waals surface area contributed by atoms with E-state index in [1.807, 2.05) is 79.7 Å². The number of rotatable bonds is 11. The summed E-state index contributed by atoms with van der Waals surface area (Å²) in [7, 11) is 3.91. The van der Waals surface area contributed by atoms with E-state index < -0.39 is 5.60 Å². The van der Waals surface area contributed by atoms with Crippen molar-refractivity contribution in [3.63, 3.8) is 0 Å². The Hall–Kier alpha value is -2.17. The van der Waals surface area contributed by atoms with Crippen LogP contribution < -0.4 is 0 Å². The lowest BCUT2D eigenvalue weighted by molar-refractivity contribution is -0.170. The molecule has 0 aliphatic heterocycles. The first-order chi connectivity index (χ1) is 13.5. The van der Waals surface area contributed by atoms with Gasteiger partial charge >= 0.3 is 5.97 Å². The molecule has 0 aromatic heterocycles. The van der Waals surface area contributed by atoms with E-state index in [0.29, 0.717) is 25.7 Å². The van der Waals surface area contributed by atoms with Crippen molar-refractivity contribution in [1.29, 1.82) is 0 Å². The van der Waals surface area contributed by atoms with Gasteiger partial charge in [0.1, 0.15) is 6.61 Å². The summed E-state index contributed by atoms with van der Waals surface area (Å²) >= 11 is 0. The van der Waals surface area contributed by atoms with Crippen molar-refractivity contribution in [3.8, 4) is 0 Å². The molecule has 0 unspecified atom stereocenters. The van der Waals surface area contributed by atoms with Crippen LogP contribution in [0.3, 0.4) is 0 Å². The molecule has 2 rings (SSSR count). The molecular weight excluding hydrogens is 350 g/mol. The largest absolute Gasteiger partial charge is 0.462 e. The average Bonchev–Trinajstić information content (AvgIpc) is 2.72. The third-order valence-electron chi connectivity index (χ3n) is 5.11. The van der Waals surface area contributed by atoms with Gasteiger partial charge in [0.25, 0.3) is 0 Å². The zero-order valence-electron chi connectivity index (χ0n) is 17.6. The van der Waals surface area contributed by atoms with Gasteiger partial charge in [0.15, 0.2) is 0 Å². The van der Waals surface area contributed by atoms with Crippen LogP contribution in [0.25, 0.3) is 0 Å². The summed E-state index contributed by atoms with van der Waals surface area (Å²) < 4.78 is 12.2. The molecule has 0 bridgehead atoms. The Balaban J connectivity index is 2.47. The van der Waals surface area contributed by atoms with E-state index in [1.54, 1.807) is 0 Å². The van der Waals surface area contributed by atoms with Gasteiger partial charge in [-0.25, -0.2) is 4.79 Å². The molecule has 0 amide bonds. The molecule has 0 spiro atoms. The molecule has 28 heavy (non-hydrogen) atoms. The smallest absolute Gasteiger partial charge is 0.347 e. The molecule has 4 nitrogen and oxygen atoms in total. The Morgan fingerprint density at radius 3 is 1.86 bits per heavy atom. The first kappa shape index (κ1) is 22.1. The van der Waals surface area contributed by atoms with Crippen LogP contribution in [0.5, 0.6) is 0 Å². The number of carbonyl (C=O) groups excluding carboxylic acids is 1. The summed E-state index contributed by atoms with van der Waals surface area (Å²) in [4.78, 5) is 15.5. The van der Waals surface area contributed by atoms with Gasteiger partial charge in [-0.2, -0.15) is 0 Å². The number of nitrogens with zero attached hydrogens (tertiary/aromatic N) is 1. The Bertz CT molecular complexity index is 657. The Morgan fingerprint density at radius 1 is 0.929 bits per heavy atom. The molecule has 0 saturated carbocycles. The van der Waals surface area contributed by atoms with Crippen LogP contribution in [0.4, 0.5) is 0 Å². The number of hydrogen-bond donors (Lipinski definition) is 0. The first-order valence-corrected chi connectivity index (χ1v) is 10.1. The maximum Gasteiger partial charge on any atom is 0.347 e. The average molecular weight is 384 g/mol. The fraction of sp³-hybridized carbons (Fsp3) is 0.458. The van der Waals surface area contributed by atoms with Crippen LogP contribution in [0, 0.1) is 5.92 Å². The second kappa shape index (κ2) is 11.0. The van der Waals surface area contributed by atoms with Crippen molar-refractivity contribution in [3.05, 3.63) is 71.8 Å². The topological polar surface area (TPSA) is 38.8 Å². The zero-order chi connectivity index (χ0) is 20.4. The quantitative estimate of drug-likeness (QED) is 0.536. The lowest BCUT2D eigenvalue weighted by Crippen LogP contribution is -2.43. The minimum atomic E-state index is -1.27. The maximum absolute atomic E-state index is 13.5.